The summed E-state index contributed by atoms with van der Waals surface area (Å²) in [6.45, 7) is 6.59. The van der Waals surface area contributed by atoms with Gasteiger partial charge in [0, 0.05) is 41.8 Å². The molecule has 0 spiro atoms. The number of rotatable bonds is 8. The van der Waals surface area contributed by atoms with Crippen molar-refractivity contribution in [2.24, 2.45) is 5.92 Å². The maximum Gasteiger partial charge on any atom is 0.408 e. The van der Waals surface area contributed by atoms with Crippen molar-refractivity contribution in [1.82, 2.24) is 24.9 Å². The number of fused-ring (bicyclic) bond motifs is 1. The number of nitrogens with zero attached hydrogens (tertiary/aromatic N) is 4. The summed E-state index contributed by atoms with van der Waals surface area (Å²) >= 11 is 1.06. The second-order valence-electron chi connectivity index (χ2n) is 9.70. The maximum absolute atomic E-state index is 13.3. The van der Waals surface area contributed by atoms with Crippen molar-refractivity contribution in [3.63, 3.8) is 0 Å². The van der Waals surface area contributed by atoms with Gasteiger partial charge in [-0.05, 0) is 48.9 Å². The lowest BCUT2D eigenvalue weighted by atomic mass is 10.0. The van der Waals surface area contributed by atoms with Crippen LogP contribution in [0.1, 0.15) is 37.4 Å². The molecule has 0 aliphatic rings. The fourth-order valence-electron chi connectivity index (χ4n) is 3.64. The monoisotopic (exact) mass is 532 g/mol. The highest BCUT2D eigenvalue weighted by Gasteiger charge is 2.42. The zero-order chi connectivity index (χ0) is 27.0. The van der Waals surface area contributed by atoms with Crippen molar-refractivity contribution in [2.75, 3.05) is 11.9 Å². The number of hydrogen-bond donors (Lipinski definition) is 3. The van der Waals surface area contributed by atoms with Crippen LogP contribution in [0.2, 0.25) is 0 Å². The second kappa shape index (κ2) is 10.1. The number of nitrogens with one attached hydrogen (secondary N) is 2. The van der Waals surface area contributed by atoms with Crippen molar-refractivity contribution in [1.29, 1.82) is 0 Å². The summed E-state index contributed by atoms with van der Waals surface area (Å²) in [5.41, 5.74) is 2.57. The third-order valence-electron chi connectivity index (χ3n) is 5.60. The molecule has 0 saturated heterocycles. The van der Waals surface area contributed by atoms with Gasteiger partial charge in [-0.15, -0.1) is 11.3 Å². The van der Waals surface area contributed by atoms with Crippen LogP contribution in [-0.4, -0.2) is 55.0 Å². The molecule has 0 aromatic carbocycles. The van der Waals surface area contributed by atoms with Gasteiger partial charge in [0.2, 0.25) is 0 Å². The first kappa shape index (κ1) is 26.6. The first-order valence-corrected chi connectivity index (χ1v) is 12.4. The quantitative estimate of drug-likeness (QED) is 0.294. The molecule has 0 radical (unpaired) electrons. The van der Waals surface area contributed by atoms with Gasteiger partial charge in [-0.3, -0.25) is 4.79 Å². The van der Waals surface area contributed by atoms with E-state index in [0.717, 1.165) is 22.5 Å². The van der Waals surface area contributed by atoms with Crippen LogP contribution in [-0.2, 0) is 0 Å². The summed E-state index contributed by atoms with van der Waals surface area (Å²) in [6, 6.07) is 3.30. The first-order valence-electron chi connectivity index (χ1n) is 11.5. The van der Waals surface area contributed by atoms with Crippen LogP contribution in [0.4, 0.5) is 19.0 Å². The fourth-order valence-corrected chi connectivity index (χ4v) is 4.45. The molecule has 0 saturated carbocycles. The number of hydrogen-bond acceptors (Lipinski definition) is 7. The van der Waals surface area contributed by atoms with Gasteiger partial charge in [0.25, 0.3) is 5.91 Å². The standard InChI is InChI=1S/C25H27F3N6O2S/c1-14(2)21(25(26,27)28)33-23(35)19-7-16(12-37-19)18-10-32-34-11-17(9-30-22(18)34)15-5-6-20(29-8-15)31-13-24(3,4)36/h5-12,14,21,36H,13H2,1-4H3,(H,29,31)(H,33,35)/t21-/m1/s1. The number of halogens is 3. The van der Waals surface area contributed by atoms with Crippen LogP contribution >= 0.6 is 11.3 Å². The molecule has 0 fully saturated rings. The minimum Gasteiger partial charge on any atom is -0.389 e. The van der Waals surface area contributed by atoms with E-state index in [1.165, 1.54) is 13.8 Å². The Morgan fingerprint density at radius 3 is 2.46 bits per heavy atom. The minimum atomic E-state index is -4.53. The molecule has 8 nitrogen and oxygen atoms in total. The van der Waals surface area contributed by atoms with Crippen molar-refractivity contribution in [3.05, 3.63) is 53.2 Å². The predicted octanol–water partition coefficient (Wildman–Crippen LogP) is 5.02. The number of carbonyl (C=O) groups is 1. The molecule has 0 bridgehead atoms. The first-order chi connectivity index (χ1) is 17.3. The van der Waals surface area contributed by atoms with Crippen molar-refractivity contribution in [3.8, 4) is 22.3 Å². The summed E-state index contributed by atoms with van der Waals surface area (Å²) in [5, 5.41) is 21.1. The summed E-state index contributed by atoms with van der Waals surface area (Å²) in [6.07, 6.45) is 2.23. The van der Waals surface area contributed by atoms with Crippen molar-refractivity contribution >= 4 is 28.7 Å². The van der Waals surface area contributed by atoms with Crippen LogP contribution in [0, 0.1) is 5.92 Å². The fraction of sp³-hybridized carbons (Fsp3) is 0.360. The molecule has 196 valence electrons. The van der Waals surface area contributed by atoms with Gasteiger partial charge in [-0.25, -0.2) is 14.5 Å². The highest BCUT2D eigenvalue weighted by Crippen LogP contribution is 2.31. The number of carbonyl (C=O) groups excluding carboxylic acids is 1. The van der Waals surface area contributed by atoms with E-state index < -0.39 is 29.6 Å². The van der Waals surface area contributed by atoms with Crippen LogP contribution in [0.5, 0.6) is 0 Å². The second-order valence-corrected chi connectivity index (χ2v) is 10.6. The van der Waals surface area contributed by atoms with Crippen LogP contribution < -0.4 is 10.6 Å². The average molecular weight is 533 g/mol. The minimum absolute atomic E-state index is 0.172. The molecule has 0 aliphatic heterocycles. The summed E-state index contributed by atoms with van der Waals surface area (Å²) in [5.74, 6) is -0.933. The Morgan fingerprint density at radius 1 is 1.11 bits per heavy atom. The van der Waals surface area contributed by atoms with Gasteiger partial charge in [0.1, 0.15) is 11.9 Å². The number of thiophene rings is 1. The molecule has 37 heavy (non-hydrogen) atoms. The molecule has 1 amide bonds. The molecule has 4 rings (SSSR count). The zero-order valence-corrected chi connectivity index (χ0v) is 21.5. The lowest BCUT2D eigenvalue weighted by molar-refractivity contribution is -0.162. The molecule has 4 aromatic rings. The Labute approximate surface area is 215 Å². The topological polar surface area (TPSA) is 104 Å². The Bertz CT molecular complexity index is 1390. The Morgan fingerprint density at radius 2 is 1.84 bits per heavy atom. The van der Waals surface area contributed by atoms with E-state index in [1.807, 2.05) is 6.07 Å². The molecule has 1 atom stereocenters. The van der Waals surface area contributed by atoms with E-state index in [1.54, 1.807) is 60.7 Å². The van der Waals surface area contributed by atoms with Gasteiger partial charge in [-0.1, -0.05) is 13.8 Å². The van der Waals surface area contributed by atoms with E-state index in [4.69, 9.17) is 0 Å². The normalized spacial score (nSPS) is 13.2. The highest BCUT2D eigenvalue weighted by atomic mass is 32.1. The number of anilines is 1. The van der Waals surface area contributed by atoms with E-state index >= 15 is 0 Å². The smallest absolute Gasteiger partial charge is 0.389 e. The van der Waals surface area contributed by atoms with Gasteiger partial charge in [0.15, 0.2) is 5.65 Å². The lowest BCUT2D eigenvalue weighted by Crippen LogP contribution is -2.48. The van der Waals surface area contributed by atoms with Gasteiger partial charge in [-0.2, -0.15) is 18.3 Å². The number of alkyl halides is 3. The molecular weight excluding hydrogens is 505 g/mol. The zero-order valence-electron chi connectivity index (χ0n) is 20.7. The van der Waals surface area contributed by atoms with Crippen molar-refractivity contribution in [2.45, 2.75) is 45.5 Å². The third-order valence-corrected chi connectivity index (χ3v) is 6.52. The molecule has 4 aromatic heterocycles. The molecule has 0 unspecified atom stereocenters. The predicted molar refractivity (Wildman–Crippen MR) is 136 cm³/mol. The summed E-state index contributed by atoms with van der Waals surface area (Å²) in [4.78, 5) is 21.6. The van der Waals surface area contributed by atoms with E-state index in [9.17, 15) is 23.1 Å². The number of pyridine rings is 1. The van der Waals surface area contributed by atoms with Crippen LogP contribution in [0.3, 0.4) is 0 Å². The molecule has 12 heteroatoms. The molecular formula is C25H27F3N6O2S. The SMILES string of the molecule is CC(C)[C@@H](NC(=O)c1cc(-c2cnn3cc(-c4ccc(NCC(C)(C)O)nc4)cnc23)cs1)C(F)(F)F. The average Bonchev–Trinajstić information content (AvgIpc) is 3.46. The van der Waals surface area contributed by atoms with Crippen molar-refractivity contribution < 1.29 is 23.1 Å². The van der Waals surface area contributed by atoms with E-state index in [-0.39, 0.29) is 4.88 Å². The maximum atomic E-state index is 13.3. The van der Waals surface area contributed by atoms with Crippen LogP contribution in [0.25, 0.3) is 27.9 Å². The number of aliphatic hydroxyl groups is 1. The van der Waals surface area contributed by atoms with Crippen LogP contribution in [0.15, 0.2) is 48.4 Å². The summed E-state index contributed by atoms with van der Waals surface area (Å²) < 4.78 is 41.4. The molecule has 4 heterocycles. The van der Waals surface area contributed by atoms with Gasteiger partial charge >= 0.3 is 6.18 Å². The molecule has 3 N–H and O–H groups in total. The number of amides is 1. The third kappa shape index (κ3) is 6.25. The van der Waals surface area contributed by atoms with Gasteiger partial charge in [0.05, 0.1) is 16.7 Å². The Hall–Kier alpha value is -3.51. The Balaban J connectivity index is 1.52. The Kier molecular flexibility index (Phi) is 7.24. The number of aromatic nitrogens is 4. The highest BCUT2D eigenvalue weighted by molar-refractivity contribution is 7.12. The largest absolute Gasteiger partial charge is 0.408 e. The lowest BCUT2D eigenvalue weighted by Gasteiger charge is -2.24. The molecule has 0 aliphatic carbocycles. The van der Waals surface area contributed by atoms with E-state index in [2.05, 4.69) is 25.7 Å². The van der Waals surface area contributed by atoms with E-state index in [0.29, 0.717) is 29.1 Å². The van der Waals surface area contributed by atoms with Gasteiger partial charge < -0.3 is 15.7 Å². The summed E-state index contributed by atoms with van der Waals surface area (Å²) in [7, 11) is 0.